The molecule has 0 spiro atoms. The zero-order valence-corrected chi connectivity index (χ0v) is 4.39. The predicted octanol–water partition coefficient (Wildman–Crippen LogP) is -1.29. The van der Waals surface area contributed by atoms with Gasteiger partial charge in [-0.3, -0.25) is 0 Å². The quantitative estimate of drug-likeness (QED) is 0.319. The van der Waals surface area contributed by atoms with Crippen molar-refractivity contribution in [1.29, 1.82) is 0 Å². The Bertz CT molecular complexity index is 20.0. The third kappa shape index (κ3) is 2.03. The summed E-state index contributed by atoms with van der Waals surface area (Å²) in [5, 5.41) is 0. The van der Waals surface area contributed by atoms with Crippen LogP contribution in [0.2, 0.25) is 0 Å². The monoisotopic (exact) mass is 122 g/mol. The summed E-state index contributed by atoms with van der Waals surface area (Å²) in [5.74, 6) is 0. The van der Waals surface area contributed by atoms with Crippen LogP contribution in [-0.4, -0.2) is 23.7 Å². The number of carbonyl (C=O) groups is 1. The van der Waals surface area contributed by atoms with Gasteiger partial charge in [0.15, 0.2) is 0 Å². The molecule has 0 bridgehead atoms. The first-order valence-corrected chi connectivity index (χ1v) is 1.70. The van der Waals surface area contributed by atoms with Crippen molar-refractivity contribution >= 4 is 23.7 Å². The van der Waals surface area contributed by atoms with Crippen molar-refractivity contribution in [3.8, 4) is 0 Å². The first kappa shape index (κ1) is 4.03. The molecule has 0 aromatic rings. The molecule has 1 atom stereocenters. The van der Waals surface area contributed by atoms with Crippen LogP contribution in [0.4, 0.5) is 0 Å². The average Bonchev–Trinajstić information content (AvgIpc) is 1.37. The molecule has 0 saturated heterocycles. The molecule has 0 aliphatic heterocycles. The molecule has 0 fully saturated rings. The summed E-state index contributed by atoms with van der Waals surface area (Å²) in [6, 6.07) is 0. The fraction of sp³-hybridized carbons (Fsp3) is 0. The summed E-state index contributed by atoms with van der Waals surface area (Å²) < 4.78 is 3.92. The van der Waals surface area contributed by atoms with Crippen LogP contribution in [0.15, 0.2) is 0 Å². The average molecular weight is 122 g/mol. The van der Waals surface area contributed by atoms with E-state index < -0.39 is 0 Å². The Hall–Kier alpha value is 0.0284. The standard InChI is InChI=1S/CH3AsO2/c2-4-1-3/h1H,2H2. The van der Waals surface area contributed by atoms with E-state index in [1.807, 2.05) is 0 Å². The van der Waals surface area contributed by atoms with Gasteiger partial charge in [0.25, 0.3) is 0 Å². The number of carbonyl (C=O) groups excluding carboxylic acids is 1. The van der Waals surface area contributed by atoms with Crippen LogP contribution in [0.1, 0.15) is 0 Å². The van der Waals surface area contributed by atoms with E-state index >= 15 is 0 Å². The van der Waals surface area contributed by atoms with Crippen LogP contribution in [0.25, 0.3) is 0 Å². The summed E-state index contributed by atoms with van der Waals surface area (Å²) in [6.45, 7) is 0.403. The van der Waals surface area contributed by atoms with Gasteiger partial charge in [-0.25, -0.2) is 0 Å². The Labute approximate surface area is 33.0 Å². The van der Waals surface area contributed by atoms with Crippen molar-refractivity contribution < 1.29 is 8.52 Å². The normalized spacial score (nSPS) is 5.25. The van der Waals surface area contributed by atoms with E-state index in [1.54, 1.807) is 0 Å². The molecule has 2 nitrogen and oxygen atoms in total. The van der Waals surface area contributed by atoms with Crippen LogP contribution in [0, 0.1) is 0 Å². The molecule has 0 aliphatic carbocycles. The Morgan fingerprint density at radius 1 is 2.00 bits per heavy atom. The number of hydrogen-bond acceptors (Lipinski definition) is 2. The van der Waals surface area contributed by atoms with E-state index in [9.17, 15) is 0 Å². The fourth-order valence-electron chi connectivity index (χ4n) is 0. The molecule has 0 rings (SSSR count). The predicted molar refractivity (Wildman–Crippen MR) is 15.7 cm³/mol. The maximum absolute atomic E-state index is 8.97. The Kier molecular flexibility index (Phi) is 3.05. The molecule has 0 saturated carbocycles. The van der Waals surface area contributed by atoms with Gasteiger partial charge < -0.3 is 0 Å². The van der Waals surface area contributed by atoms with Gasteiger partial charge in [-0.1, -0.05) is 0 Å². The van der Waals surface area contributed by atoms with Gasteiger partial charge in [0.2, 0.25) is 0 Å². The molecular weight excluding hydrogens is 119 g/mol. The van der Waals surface area contributed by atoms with E-state index in [0.29, 0.717) is 6.47 Å². The maximum atomic E-state index is 8.97. The first-order chi connectivity index (χ1) is 1.91. The SMILES string of the molecule is O=CO[AsH2]. The molecule has 0 aromatic carbocycles. The third-order valence-corrected chi connectivity index (χ3v) is 0.289. The second-order valence-corrected chi connectivity index (χ2v) is 0.803. The van der Waals surface area contributed by atoms with E-state index in [0.717, 1.165) is 17.2 Å². The van der Waals surface area contributed by atoms with Gasteiger partial charge in [-0.2, -0.15) is 0 Å². The molecule has 0 amide bonds. The summed E-state index contributed by atoms with van der Waals surface area (Å²) in [5.41, 5.74) is 0. The van der Waals surface area contributed by atoms with Crippen molar-refractivity contribution in [2.75, 3.05) is 0 Å². The zero-order valence-electron chi connectivity index (χ0n) is 1.97. The van der Waals surface area contributed by atoms with E-state index in [-0.39, 0.29) is 0 Å². The van der Waals surface area contributed by atoms with E-state index in [1.165, 1.54) is 0 Å². The summed E-state index contributed by atoms with van der Waals surface area (Å²) in [4.78, 5) is 8.97. The number of hydrogen-bond donors (Lipinski definition) is 0. The molecule has 3 heteroatoms. The number of rotatable bonds is 1. The van der Waals surface area contributed by atoms with Crippen LogP contribution < -0.4 is 0 Å². The van der Waals surface area contributed by atoms with Crippen molar-refractivity contribution in [2.24, 2.45) is 0 Å². The molecule has 24 valence electrons. The molecule has 0 heterocycles. The van der Waals surface area contributed by atoms with Crippen LogP contribution in [-0.2, 0) is 8.52 Å². The van der Waals surface area contributed by atoms with Crippen molar-refractivity contribution in [1.82, 2.24) is 0 Å². The third-order valence-electron chi connectivity index (χ3n) is 0.0556. The summed E-state index contributed by atoms with van der Waals surface area (Å²) in [7, 11) is 0. The van der Waals surface area contributed by atoms with E-state index in [4.69, 9.17) is 4.79 Å². The van der Waals surface area contributed by atoms with Crippen LogP contribution in [0.5, 0.6) is 0 Å². The van der Waals surface area contributed by atoms with Gasteiger partial charge in [0, 0.05) is 0 Å². The Morgan fingerprint density at radius 2 is 2.25 bits per heavy atom. The van der Waals surface area contributed by atoms with E-state index in [2.05, 4.69) is 3.73 Å². The molecular formula is CH3AsO2. The topological polar surface area (TPSA) is 26.3 Å². The van der Waals surface area contributed by atoms with Crippen molar-refractivity contribution in [3.63, 3.8) is 0 Å². The minimum absolute atomic E-state index is 0.403. The van der Waals surface area contributed by atoms with Crippen molar-refractivity contribution in [3.05, 3.63) is 0 Å². The van der Waals surface area contributed by atoms with Gasteiger partial charge in [0.05, 0.1) is 0 Å². The first-order valence-electron chi connectivity index (χ1n) is 0.707. The second kappa shape index (κ2) is 3.03. The summed E-state index contributed by atoms with van der Waals surface area (Å²) in [6.07, 6.45) is 0. The Balaban J connectivity index is 2.30. The molecule has 4 heavy (non-hydrogen) atoms. The minimum atomic E-state index is 0.403. The van der Waals surface area contributed by atoms with Gasteiger partial charge in [0.1, 0.15) is 0 Å². The molecule has 0 aromatic heterocycles. The summed E-state index contributed by atoms with van der Waals surface area (Å²) >= 11 is 0.957. The Morgan fingerprint density at radius 3 is 2.25 bits per heavy atom. The van der Waals surface area contributed by atoms with Gasteiger partial charge in [-0.05, 0) is 0 Å². The van der Waals surface area contributed by atoms with Crippen LogP contribution >= 0.6 is 0 Å². The fourth-order valence-corrected chi connectivity index (χ4v) is 0. The molecule has 0 aliphatic rings. The van der Waals surface area contributed by atoms with Crippen LogP contribution in [0.3, 0.4) is 0 Å². The van der Waals surface area contributed by atoms with Crippen molar-refractivity contribution in [2.45, 2.75) is 0 Å². The molecule has 1 unspecified atom stereocenters. The second-order valence-electron chi connectivity index (χ2n) is 0.232. The van der Waals surface area contributed by atoms with Gasteiger partial charge in [-0.15, -0.1) is 0 Å². The zero-order chi connectivity index (χ0) is 3.41. The van der Waals surface area contributed by atoms with Gasteiger partial charge >= 0.3 is 32.2 Å². The molecule has 0 radical (unpaired) electrons. The molecule has 0 N–H and O–H groups in total.